The summed E-state index contributed by atoms with van der Waals surface area (Å²) < 4.78 is 31.6. The number of aldehydes is 1. The first-order valence-corrected chi connectivity index (χ1v) is 9.45. The van der Waals surface area contributed by atoms with E-state index < -0.39 is 10.4 Å². The zero-order chi connectivity index (χ0) is 16.4. The quantitative estimate of drug-likeness (QED) is 0.279. The molecule has 0 bridgehead atoms. The molecular formula is C15H34CrO6S. The van der Waals surface area contributed by atoms with Crippen molar-refractivity contribution in [1.29, 1.82) is 0 Å². The third-order valence-corrected chi connectivity index (χ3v) is 3.18. The van der Waals surface area contributed by atoms with E-state index in [1.807, 2.05) is 0 Å². The van der Waals surface area contributed by atoms with Crippen LogP contribution in [0.3, 0.4) is 0 Å². The van der Waals surface area contributed by atoms with E-state index in [1.165, 1.54) is 70.6 Å². The molecule has 0 aromatic carbocycles. The Hall–Kier alpha value is 0.0325. The van der Waals surface area contributed by atoms with Crippen LogP contribution in [0.25, 0.3) is 0 Å². The Balaban J connectivity index is -0.000000225. The summed E-state index contributed by atoms with van der Waals surface area (Å²) in [6.45, 7) is 2.27. The summed E-state index contributed by atoms with van der Waals surface area (Å²) in [5.41, 5.74) is 0. The van der Waals surface area contributed by atoms with Crippen LogP contribution in [-0.2, 0) is 32.6 Å². The van der Waals surface area contributed by atoms with E-state index in [-0.39, 0.29) is 22.8 Å². The van der Waals surface area contributed by atoms with E-state index in [0.717, 1.165) is 19.1 Å². The topological polar surface area (TPSA) is 123 Å². The van der Waals surface area contributed by atoms with E-state index in [0.29, 0.717) is 0 Å². The molecule has 0 atom stereocenters. The molecule has 8 heteroatoms. The van der Waals surface area contributed by atoms with Crippen LogP contribution in [0.15, 0.2) is 0 Å². The zero-order valence-electron chi connectivity index (χ0n) is 14.2. The maximum Gasteiger partial charge on any atom is 0.394 e. The Morgan fingerprint density at radius 1 is 0.739 bits per heavy atom. The molecule has 23 heavy (non-hydrogen) atoms. The maximum atomic E-state index is 10.1. The first-order chi connectivity index (χ1) is 9.91. The Morgan fingerprint density at radius 2 is 1.00 bits per heavy atom. The Kier molecular flexibility index (Phi) is 32.6. The number of hydrogen-bond acceptors (Lipinski definition) is 3. The molecular weight excluding hydrogens is 360 g/mol. The number of carbonyl (C=O) groups is 1. The van der Waals surface area contributed by atoms with Crippen molar-refractivity contribution in [2.45, 2.75) is 90.4 Å². The van der Waals surface area contributed by atoms with Crippen LogP contribution in [-0.4, -0.2) is 29.3 Å². The minimum atomic E-state index is -4.67. The van der Waals surface area contributed by atoms with E-state index in [1.54, 1.807) is 0 Å². The van der Waals surface area contributed by atoms with Crippen LogP contribution >= 0.6 is 0 Å². The zero-order valence-corrected chi connectivity index (χ0v) is 16.3. The van der Waals surface area contributed by atoms with Crippen molar-refractivity contribution in [3.8, 4) is 0 Å². The molecule has 0 rings (SSSR count). The molecule has 4 N–H and O–H groups in total. The average molecular weight is 394 g/mol. The second kappa shape index (κ2) is 24.3. The van der Waals surface area contributed by atoms with Gasteiger partial charge in [0.25, 0.3) is 0 Å². The third-order valence-electron chi connectivity index (χ3n) is 3.18. The summed E-state index contributed by atoms with van der Waals surface area (Å²) >= 11 is 0. The van der Waals surface area contributed by atoms with Crippen molar-refractivity contribution in [2.75, 3.05) is 0 Å². The molecule has 0 aliphatic carbocycles. The molecule has 0 unspecified atom stereocenters. The van der Waals surface area contributed by atoms with Gasteiger partial charge in [-0.25, -0.2) is 0 Å². The molecule has 0 radical (unpaired) electrons. The van der Waals surface area contributed by atoms with Crippen LogP contribution < -0.4 is 0 Å². The van der Waals surface area contributed by atoms with Gasteiger partial charge in [-0.3, -0.25) is 9.11 Å². The smallest absolute Gasteiger partial charge is 0.394 e. The van der Waals surface area contributed by atoms with Crippen LogP contribution in [0, 0.1) is 0 Å². The molecule has 0 aromatic heterocycles. The molecule has 6 nitrogen and oxygen atoms in total. The Morgan fingerprint density at radius 3 is 1.26 bits per heavy atom. The molecule has 0 saturated heterocycles. The van der Waals surface area contributed by atoms with Gasteiger partial charge in [-0.15, -0.1) is 0 Å². The van der Waals surface area contributed by atoms with E-state index in [9.17, 15) is 4.79 Å². The van der Waals surface area contributed by atoms with Gasteiger partial charge in [0, 0.05) is 23.8 Å². The summed E-state index contributed by atoms with van der Waals surface area (Å²) in [4.78, 5) is 10.1. The summed E-state index contributed by atoms with van der Waals surface area (Å²) in [6.07, 6.45) is 18.1. The van der Waals surface area contributed by atoms with Gasteiger partial charge in [-0.05, 0) is 6.42 Å². The van der Waals surface area contributed by atoms with Crippen molar-refractivity contribution in [1.82, 2.24) is 0 Å². The molecule has 0 amide bonds. The van der Waals surface area contributed by atoms with Crippen LogP contribution in [0.1, 0.15) is 90.4 Å². The van der Waals surface area contributed by atoms with Crippen molar-refractivity contribution in [2.24, 2.45) is 0 Å². The number of unbranched alkanes of at least 4 members (excludes halogenated alkanes) is 12. The fraction of sp³-hybridized carbons (Fsp3) is 0.933. The SMILES string of the molecule is CCCCCCCCCCCCCCC=O.O.O=S(=O)(O)O.[Cr]. The second-order valence-electron chi connectivity index (χ2n) is 5.29. The summed E-state index contributed by atoms with van der Waals surface area (Å²) in [7, 11) is -4.67. The third kappa shape index (κ3) is 52.1. The summed E-state index contributed by atoms with van der Waals surface area (Å²) in [5.74, 6) is 0. The van der Waals surface area contributed by atoms with Crippen LogP contribution in [0.5, 0.6) is 0 Å². The minimum Gasteiger partial charge on any atom is -0.412 e. The fourth-order valence-corrected chi connectivity index (χ4v) is 2.07. The predicted molar refractivity (Wildman–Crippen MR) is 89.6 cm³/mol. The number of hydrogen-bond donors (Lipinski definition) is 2. The number of rotatable bonds is 13. The summed E-state index contributed by atoms with van der Waals surface area (Å²) in [5, 5.41) is 0. The Bertz CT molecular complexity index is 301. The van der Waals surface area contributed by atoms with Crippen molar-refractivity contribution in [3.63, 3.8) is 0 Å². The molecule has 0 aliphatic heterocycles. The monoisotopic (exact) mass is 394 g/mol. The molecule has 0 aliphatic rings. The van der Waals surface area contributed by atoms with Gasteiger partial charge in [-0.2, -0.15) is 8.42 Å². The van der Waals surface area contributed by atoms with Crippen LogP contribution in [0.4, 0.5) is 0 Å². The molecule has 0 saturated carbocycles. The van der Waals surface area contributed by atoms with Crippen molar-refractivity contribution >= 4 is 16.7 Å². The second-order valence-corrected chi connectivity index (χ2v) is 6.19. The molecule has 0 fully saturated rings. The molecule has 0 aromatic rings. The van der Waals surface area contributed by atoms with Gasteiger partial charge in [0.15, 0.2) is 0 Å². The van der Waals surface area contributed by atoms with E-state index in [4.69, 9.17) is 17.5 Å². The maximum absolute atomic E-state index is 10.1. The average Bonchev–Trinajstić information content (AvgIpc) is 2.38. The normalized spacial score (nSPS) is 9.87. The van der Waals surface area contributed by atoms with Gasteiger partial charge in [0.2, 0.25) is 0 Å². The molecule has 0 heterocycles. The Labute approximate surface area is 152 Å². The number of carbonyl (C=O) groups excluding carboxylic acids is 1. The van der Waals surface area contributed by atoms with E-state index in [2.05, 4.69) is 6.92 Å². The van der Waals surface area contributed by atoms with Crippen LogP contribution in [0.2, 0.25) is 0 Å². The minimum absolute atomic E-state index is 0. The largest absolute Gasteiger partial charge is 0.412 e. The summed E-state index contributed by atoms with van der Waals surface area (Å²) in [6, 6.07) is 0. The van der Waals surface area contributed by atoms with Gasteiger partial charge < -0.3 is 10.3 Å². The first-order valence-electron chi connectivity index (χ1n) is 8.05. The van der Waals surface area contributed by atoms with Gasteiger partial charge in [0.1, 0.15) is 6.29 Å². The van der Waals surface area contributed by atoms with Gasteiger partial charge in [-0.1, -0.05) is 77.6 Å². The van der Waals surface area contributed by atoms with Crippen molar-refractivity contribution in [3.05, 3.63) is 0 Å². The molecule has 0 spiro atoms. The molecule has 142 valence electrons. The first kappa shape index (κ1) is 30.9. The predicted octanol–water partition coefficient (Wildman–Crippen LogP) is 3.80. The fourth-order valence-electron chi connectivity index (χ4n) is 2.07. The van der Waals surface area contributed by atoms with Gasteiger partial charge >= 0.3 is 10.4 Å². The van der Waals surface area contributed by atoms with Crippen molar-refractivity contribution < 1.29 is 45.2 Å². The standard InChI is InChI=1S/C15H30O.Cr.H2O4S.H2O/c1-2-3-4-5-6-7-8-9-10-11-12-13-14-15-16;;1-5(2,3)4;/h15H,2-14H2,1H3;;(H2,1,2,3,4);1H2. The van der Waals surface area contributed by atoms with E-state index >= 15 is 0 Å². The van der Waals surface area contributed by atoms with Gasteiger partial charge in [0.05, 0.1) is 0 Å².